The lowest BCUT2D eigenvalue weighted by Gasteiger charge is -1.99. The Labute approximate surface area is 90.1 Å². The fraction of sp³-hybridized carbons (Fsp3) is 0.375. The van der Waals surface area contributed by atoms with Gasteiger partial charge in [-0.05, 0) is 6.42 Å². The summed E-state index contributed by atoms with van der Waals surface area (Å²) >= 11 is 3.13. The highest BCUT2D eigenvalue weighted by atomic mass is 79.9. The first kappa shape index (κ1) is 12.8. The Hall–Kier alpha value is -1.17. The van der Waals surface area contributed by atoms with E-state index >= 15 is 0 Å². The van der Waals surface area contributed by atoms with E-state index in [4.69, 9.17) is 9.90 Å². The molecule has 1 N–H and O–H groups in total. The second-order valence-electron chi connectivity index (χ2n) is 2.36. The van der Waals surface area contributed by atoms with E-state index in [1.54, 1.807) is 0 Å². The first-order valence-corrected chi connectivity index (χ1v) is 4.70. The van der Waals surface area contributed by atoms with Gasteiger partial charge in [-0.25, -0.2) is 4.98 Å². The molecule has 1 rings (SSSR count). The van der Waals surface area contributed by atoms with Gasteiger partial charge < -0.3 is 10.3 Å². The van der Waals surface area contributed by atoms with Crippen molar-refractivity contribution >= 4 is 21.9 Å². The average molecular weight is 263 g/mol. The molecule has 0 bridgehead atoms. The van der Waals surface area contributed by atoms with E-state index in [1.807, 2.05) is 6.92 Å². The summed E-state index contributed by atoms with van der Waals surface area (Å²) < 4.78 is 1.27. The van der Waals surface area contributed by atoms with Crippen molar-refractivity contribution in [3.63, 3.8) is 0 Å². The van der Waals surface area contributed by atoms with Gasteiger partial charge in [0.15, 0.2) is 6.20 Å². The van der Waals surface area contributed by atoms with Crippen molar-refractivity contribution in [3.8, 4) is 0 Å². The van der Waals surface area contributed by atoms with Crippen LogP contribution in [0.25, 0.3) is 0 Å². The Bertz CT molecular complexity index is 313. The quantitative estimate of drug-likeness (QED) is 0.608. The molecular weight excluding hydrogens is 252 g/mol. The zero-order chi connectivity index (χ0) is 11.1. The zero-order valence-corrected chi connectivity index (χ0v) is 9.48. The predicted octanol–water partition coefficient (Wildman–Crippen LogP) is 1.13. The molecule has 0 atom stereocenters. The SMILES string of the molecule is CC(=O)O.CCc1ncc[n+]([O-])c1Br. The number of aromatic nitrogens is 2. The maximum Gasteiger partial charge on any atom is 0.300 e. The summed E-state index contributed by atoms with van der Waals surface area (Å²) in [5.74, 6) is -0.833. The molecule has 1 aromatic heterocycles. The molecule has 0 aliphatic heterocycles. The highest BCUT2D eigenvalue weighted by Crippen LogP contribution is 2.07. The molecule has 78 valence electrons. The highest BCUT2D eigenvalue weighted by molar-refractivity contribution is 9.10. The normalized spacial score (nSPS) is 8.79. The van der Waals surface area contributed by atoms with E-state index in [2.05, 4.69) is 20.9 Å². The molecule has 14 heavy (non-hydrogen) atoms. The third-order valence-electron chi connectivity index (χ3n) is 1.20. The zero-order valence-electron chi connectivity index (χ0n) is 7.90. The lowest BCUT2D eigenvalue weighted by Crippen LogP contribution is -2.28. The smallest absolute Gasteiger partial charge is 0.300 e. The molecule has 0 aliphatic rings. The topological polar surface area (TPSA) is 77.1 Å². The van der Waals surface area contributed by atoms with Gasteiger partial charge in [0.05, 0.1) is 6.20 Å². The van der Waals surface area contributed by atoms with Crippen LogP contribution in [0.4, 0.5) is 0 Å². The number of carboxylic acids is 1. The summed E-state index contributed by atoms with van der Waals surface area (Å²) in [6.45, 7) is 3.03. The molecule has 0 saturated carbocycles. The lowest BCUT2D eigenvalue weighted by atomic mass is 10.4. The molecule has 0 aromatic carbocycles. The van der Waals surface area contributed by atoms with Crippen LogP contribution < -0.4 is 4.73 Å². The Morgan fingerprint density at radius 1 is 1.79 bits per heavy atom. The van der Waals surface area contributed by atoms with Crippen LogP contribution in [-0.4, -0.2) is 16.1 Å². The molecule has 0 unspecified atom stereocenters. The third-order valence-corrected chi connectivity index (χ3v) is 2.01. The summed E-state index contributed by atoms with van der Waals surface area (Å²) in [5.41, 5.74) is 0.789. The second kappa shape index (κ2) is 6.31. The van der Waals surface area contributed by atoms with Crippen molar-refractivity contribution in [2.75, 3.05) is 0 Å². The minimum atomic E-state index is -0.833. The van der Waals surface area contributed by atoms with Gasteiger partial charge in [-0.15, -0.1) is 0 Å². The molecule has 0 amide bonds. The maximum absolute atomic E-state index is 10.8. The summed E-state index contributed by atoms with van der Waals surface area (Å²) in [6, 6.07) is 0. The number of carbonyl (C=O) groups is 1. The van der Waals surface area contributed by atoms with Crippen molar-refractivity contribution in [2.45, 2.75) is 20.3 Å². The van der Waals surface area contributed by atoms with E-state index in [0.29, 0.717) is 4.60 Å². The predicted molar refractivity (Wildman–Crippen MR) is 53.6 cm³/mol. The summed E-state index contributed by atoms with van der Waals surface area (Å²) in [5, 5.41) is 18.2. The fourth-order valence-electron chi connectivity index (χ4n) is 0.667. The minimum Gasteiger partial charge on any atom is -0.618 e. The van der Waals surface area contributed by atoms with Gasteiger partial charge in [0.2, 0.25) is 0 Å². The van der Waals surface area contributed by atoms with Gasteiger partial charge >= 0.3 is 0 Å². The monoisotopic (exact) mass is 262 g/mol. The van der Waals surface area contributed by atoms with Gasteiger partial charge in [-0.2, -0.15) is 4.73 Å². The number of hydrogen-bond donors (Lipinski definition) is 1. The number of aliphatic carboxylic acids is 1. The van der Waals surface area contributed by atoms with Gasteiger partial charge in [0.25, 0.3) is 10.6 Å². The van der Waals surface area contributed by atoms with Crippen molar-refractivity contribution in [1.82, 2.24) is 4.98 Å². The van der Waals surface area contributed by atoms with Crippen LogP contribution in [0.1, 0.15) is 19.5 Å². The van der Waals surface area contributed by atoms with Crippen LogP contribution in [0.3, 0.4) is 0 Å². The number of hydrogen-bond acceptors (Lipinski definition) is 3. The van der Waals surface area contributed by atoms with Gasteiger partial charge in [-0.1, -0.05) is 6.92 Å². The van der Waals surface area contributed by atoms with Crippen molar-refractivity contribution in [3.05, 3.63) is 27.9 Å². The molecule has 0 spiro atoms. The summed E-state index contributed by atoms with van der Waals surface area (Å²) in [7, 11) is 0. The first-order chi connectivity index (χ1) is 6.49. The van der Waals surface area contributed by atoms with Crippen LogP contribution in [0, 0.1) is 5.21 Å². The van der Waals surface area contributed by atoms with Crippen LogP contribution >= 0.6 is 15.9 Å². The number of rotatable bonds is 1. The number of carboxylic acid groups (broad SMARTS) is 1. The summed E-state index contributed by atoms with van der Waals surface area (Å²) in [6.07, 6.45) is 3.63. The number of aryl methyl sites for hydroxylation is 1. The van der Waals surface area contributed by atoms with Crippen LogP contribution in [0.2, 0.25) is 0 Å². The fourth-order valence-corrected chi connectivity index (χ4v) is 1.17. The molecule has 0 fully saturated rings. The minimum absolute atomic E-state index is 0.512. The molecule has 0 aliphatic carbocycles. The Morgan fingerprint density at radius 3 is 2.64 bits per heavy atom. The summed E-state index contributed by atoms with van der Waals surface area (Å²) in [4.78, 5) is 13.0. The van der Waals surface area contributed by atoms with Gasteiger partial charge in [0.1, 0.15) is 5.69 Å². The van der Waals surface area contributed by atoms with E-state index in [9.17, 15) is 5.21 Å². The third kappa shape index (κ3) is 4.76. The van der Waals surface area contributed by atoms with E-state index in [1.165, 1.54) is 12.4 Å². The standard InChI is InChI=1S/C6H7BrN2O.C2H4O2/c1-2-5-6(7)9(10)4-3-8-5;1-2(3)4/h3-4H,2H2,1H3;1H3,(H,3,4). The van der Waals surface area contributed by atoms with E-state index in [-0.39, 0.29) is 0 Å². The van der Waals surface area contributed by atoms with Crippen LogP contribution in [0.15, 0.2) is 17.0 Å². The second-order valence-corrected chi connectivity index (χ2v) is 3.11. The Kier molecular flexibility index (Phi) is 5.78. The number of halogens is 1. The molecule has 5 nitrogen and oxygen atoms in total. The van der Waals surface area contributed by atoms with Crippen LogP contribution in [0.5, 0.6) is 0 Å². The molecule has 0 saturated heterocycles. The number of nitrogens with zero attached hydrogens (tertiary/aromatic N) is 2. The Balaban J connectivity index is 0.000000364. The first-order valence-electron chi connectivity index (χ1n) is 3.91. The average Bonchev–Trinajstić information content (AvgIpc) is 2.09. The maximum atomic E-state index is 10.8. The largest absolute Gasteiger partial charge is 0.618 e. The van der Waals surface area contributed by atoms with Gasteiger partial charge in [0, 0.05) is 22.9 Å². The Morgan fingerprint density at radius 2 is 2.29 bits per heavy atom. The van der Waals surface area contributed by atoms with Gasteiger partial charge in [-0.3, -0.25) is 4.79 Å². The van der Waals surface area contributed by atoms with Crippen LogP contribution in [-0.2, 0) is 11.2 Å². The van der Waals surface area contributed by atoms with Crippen molar-refractivity contribution in [2.24, 2.45) is 0 Å². The highest BCUT2D eigenvalue weighted by Gasteiger charge is 2.06. The molecule has 1 heterocycles. The van der Waals surface area contributed by atoms with E-state index < -0.39 is 5.97 Å². The lowest BCUT2D eigenvalue weighted by molar-refractivity contribution is -0.618. The molecule has 0 radical (unpaired) electrons. The molecular formula is C8H11BrN2O3. The molecule has 1 aromatic rings. The molecule has 6 heteroatoms. The van der Waals surface area contributed by atoms with Crippen molar-refractivity contribution in [1.29, 1.82) is 0 Å². The van der Waals surface area contributed by atoms with Crippen molar-refractivity contribution < 1.29 is 14.6 Å². The van der Waals surface area contributed by atoms with E-state index in [0.717, 1.165) is 23.8 Å².